The van der Waals surface area contributed by atoms with Gasteiger partial charge in [0.05, 0.1) is 17.0 Å². The van der Waals surface area contributed by atoms with Gasteiger partial charge in [-0.3, -0.25) is 9.59 Å². The number of anilines is 1. The van der Waals surface area contributed by atoms with Crippen molar-refractivity contribution < 1.29 is 18.0 Å². The molecule has 0 N–H and O–H groups in total. The number of halogens is 2. The molecule has 1 fully saturated rings. The quantitative estimate of drug-likeness (QED) is 0.381. The van der Waals surface area contributed by atoms with Crippen molar-refractivity contribution >= 4 is 50.7 Å². The number of benzene rings is 2. The highest BCUT2D eigenvalue weighted by Crippen LogP contribution is 2.31. The summed E-state index contributed by atoms with van der Waals surface area (Å²) in [6.07, 6.45) is 6.55. The highest BCUT2D eigenvalue weighted by Gasteiger charge is 2.46. The third-order valence-electron chi connectivity index (χ3n) is 6.01. The Labute approximate surface area is 203 Å². The fourth-order valence-electron chi connectivity index (χ4n) is 4.27. The Morgan fingerprint density at radius 1 is 0.939 bits per heavy atom. The average Bonchev–Trinajstić information content (AvgIpc) is 3.09. The minimum absolute atomic E-state index is 0.0368. The number of hydrogen-bond acceptors (Lipinski definition) is 4. The number of carbonyl (C=O) groups is 2. The Morgan fingerprint density at radius 2 is 1.58 bits per heavy atom. The molecule has 2 amide bonds. The number of allylic oxidation sites excluding steroid dienone is 1. The Morgan fingerprint density at radius 3 is 2.18 bits per heavy atom. The van der Waals surface area contributed by atoms with Crippen LogP contribution in [0.25, 0.3) is 0 Å². The summed E-state index contributed by atoms with van der Waals surface area (Å²) in [5, 5.41) is 0.885. The van der Waals surface area contributed by atoms with Gasteiger partial charge in [-0.1, -0.05) is 34.9 Å². The molecule has 0 spiro atoms. The summed E-state index contributed by atoms with van der Waals surface area (Å²) < 4.78 is 28.4. The van der Waals surface area contributed by atoms with Gasteiger partial charge < -0.3 is 0 Å². The van der Waals surface area contributed by atoms with E-state index in [1.807, 2.05) is 0 Å². The van der Waals surface area contributed by atoms with E-state index in [9.17, 15) is 18.0 Å². The molecule has 0 bridgehead atoms. The molecule has 6 nitrogen and oxygen atoms in total. The topological polar surface area (TPSA) is 74.8 Å². The van der Waals surface area contributed by atoms with E-state index in [1.54, 1.807) is 24.3 Å². The first-order valence-electron chi connectivity index (χ1n) is 10.8. The van der Waals surface area contributed by atoms with Gasteiger partial charge in [-0.05, 0) is 80.6 Å². The Bertz CT molecular complexity index is 1180. The SMILES string of the molecule is O=C1CC(N(CCC2=CCCCC2)S(=O)(=O)c2ccc(Cl)cc2)C(=O)N1c1ccc(Cl)cc1. The van der Waals surface area contributed by atoms with Gasteiger partial charge in [0.15, 0.2) is 0 Å². The van der Waals surface area contributed by atoms with Gasteiger partial charge in [-0.2, -0.15) is 4.31 Å². The number of sulfonamides is 1. The third kappa shape index (κ3) is 5.17. The summed E-state index contributed by atoms with van der Waals surface area (Å²) in [5.74, 6) is -1.00. The molecule has 2 aliphatic rings. The molecule has 4 rings (SSSR count). The molecule has 9 heteroatoms. The van der Waals surface area contributed by atoms with Crippen LogP contribution in [0.4, 0.5) is 5.69 Å². The van der Waals surface area contributed by atoms with Crippen LogP contribution >= 0.6 is 23.2 Å². The summed E-state index contributed by atoms with van der Waals surface area (Å²) in [7, 11) is -4.04. The zero-order chi connectivity index (χ0) is 23.6. The molecule has 0 saturated carbocycles. The summed E-state index contributed by atoms with van der Waals surface area (Å²) in [4.78, 5) is 27.3. The standard InChI is InChI=1S/C24H24Cl2N2O4S/c25-18-6-10-20(11-7-18)28-23(29)16-22(24(28)30)27(15-14-17-4-2-1-3-5-17)33(31,32)21-12-8-19(26)9-13-21/h4,6-13,22H,1-3,5,14-16H2. The van der Waals surface area contributed by atoms with Crippen LogP contribution in [-0.4, -0.2) is 37.1 Å². The highest BCUT2D eigenvalue weighted by molar-refractivity contribution is 7.89. The largest absolute Gasteiger partial charge is 0.274 e. The van der Waals surface area contributed by atoms with Crippen LogP contribution in [0.5, 0.6) is 0 Å². The number of amides is 2. The molecule has 1 atom stereocenters. The molecule has 2 aromatic carbocycles. The minimum Gasteiger partial charge on any atom is -0.274 e. The highest BCUT2D eigenvalue weighted by atomic mass is 35.5. The fourth-order valence-corrected chi connectivity index (χ4v) is 6.11. The molecular formula is C24H24Cl2N2O4S. The van der Waals surface area contributed by atoms with Crippen LogP contribution in [-0.2, 0) is 19.6 Å². The molecule has 1 saturated heterocycles. The monoisotopic (exact) mass is 506 g/mol. The second-order valence-corrected chi connectivity index (χ2v) is 11.0. The summed E-state index contributed by atoms with van der Waals surface area (Å²) in [6, 6.07) is 11.0. The molecular weight excluding hydrogens is 483 g/mol. The number of hydrogen-bond donors (Lipinski definition) is 0. The van der Waals surface area contributed by atoms with E-state index in [0.717, 1.165) is 30.6 Å². The maximum atomic E-state index is 13.6. The molecule has 174 valence electrons. The van der Waals surface area contributed by atoms with Crippen molar-refractivity contribution in [2.75, 3.05) is 11.4 Å². The van der Waals surface area contributed by atoms with E-state index < -0.39 is 27.9 Å². The van der Waals surface area contributed by atoms with Crippen molar-refractivity contribution in [1.82, 2.24) is 4.31 Å². The van der Waals surface area contributed by atoms with Crippen molar-refractivity contribution in [1.29, 1.82) is 0 Å². The van der Waals surface area contributed by atoms with Crippen molar-refractivity contribution in [3.05, 3.63) is 70.2 Å². The van der Waals surface area contributed by atoms with Gasteiger partial charge in [-0.25, -0.2) is 13.3 Å². The van der Waals surface area contributed by atoms with Gasteiger partial charge in [0.25, 0.3) is 5.91 Å². The van der Waals surface area contributed by atoms with Crippen LogP contribution in [0.15, 0.2) is 65.1 Å². The minimum atomic E-state index is -4.04. The normalized spacial score (nSPS) is 19.3. The summed E-state index contributed by atoms with van der Waals surface area (Å²) >= 11 is 11.9. The zero-order valence-corrected chi connectivity index (χ0v) is 20.2. The van der Waals surface area contributed by atoms with E-state index in [-0.39, 0.29) is 17.9 Å². The van der Waals surface area contributed by atoms with Gasteiger partial charge >= 0.3 is 0 Å². The molecule has 33 heavy (non-hydrogen) atoms. The molecule has 1 unspecified atom stereocenters. The van der Waals surface area contributed by atoms with E-state index in [0.29, 0.717) is 22.2 Å². The Balaban J connectivity index is 1.67. The van der Waals surface area contributed by atoms with Crippen molar-refractivity contribution in [2.45, 2.75) is 49.5 Å². The Hall–Kier alpha value is -2.19. The molecule has 0 radical (unpaired) electrons. The zero-order valence-electron chi connectivity index (χ0n) is 17.9. The lowest BCUT2D eigenvalue weighted by atomic mass is 9.97. The van der Waals surface area contributed by atoms with Crippen molar-refractivity contribution in [3.8, 4) is 0 Å². The second kappa shape index (κ2) is 9.97. The first-order valence-corrected chi connectivity index (χ1v) is 13.0. The third-order valence-corrected chi connectivity index (χ3v) is 8.44. The lowest BCUT2D eigenvalue weighted by Gasteiger charge is -2.27. The molecule has 1 aliphatic carbocycles. The van der Waals surface area contributed by atoms with Crippen LogP contribution in [0.3, 0.4) is 0 Å². The number of nitrogens with zero attached hydrogens (tertiary/aromatic N) is 2. The van der Waals surface area contributed by atoms with Crippen LogP contribution in [0.1, 0.15) is 38.5 Å². The first-order chi connectivity index (χ1) is 15.8. The smallest absolute Gasteiger partial charge is 0.252 e. The van der Waals surface area contributed by atoms with Gasteiger partial charge in [0, 0.05) is 16.6 Å². The van der Waals surface area contributed by atoms with E-state index in [4.69, 9.17) is 23.2 Å². The lowest BCUT2D eigenvalue weighted by Crippen LogP contribution is -2.46. The molecule has 1 heterocycles. The van der Waals surface area contributed by atoms with Crippen molar-refractivity contribution in [3.63, 3.8) is 0 Å². The molecule has 1 aliphatic heterocycles. The summed E-state index contributed by atoms with van der Waals surface area (Å²) in [6.45, 7) is 0.120. The number of carbonyl (C=O) groups excluding carboxylic acids is 2. The fraction of sp³-hybridized carbons (Fsp3) is 0.333. The van der Waals surface area contributed by atoms with Crippen LogP contribution in [0.2, 0.25) is 10.0 Å². The maximum absolute atomic E-state index is 13.6. The van der Waals surface area contributed by atoms with E-state index >= 15 is 0 Å². The van der Waals surface area contributed by atoms with Gasteiger partial charge in [0.2, 0.25) is 15.9 Å². The summed E-state index contributed by atoms with van der Waals surface area (Å²) in [5.41, 5.74) is 1.56. The predicted molar refractivity (Wildman–Crippen MR) is 129 cm³/mol. The lowest BCUT2D eigenvalue weighted by molar-refractivity contribution is -0.122. The van der Waals surface area contributed by atoms with Gasteiger partial charge in [0.1, 0.15) is 6.04 Å². The number of rotatable bonds is 7. The molecule has 0 aromatic heterocycles. The second-order valence-electron chi connectivity index (χ2n) is 8.19. The predicted octanol–water partition coefficient (Wildman–Crippen LogP) is 5.21. The number of imide groups is 1. The average molecular weight is 507 g/mol. The Kier molecular flexibility index (Phi) is 7.24. The first kappa shape index (κ1) is 24.0. The maximum Gasteiger partial charge on any atom is 0.252 e. The van der Waals surface area contributed by atoms with Crippen molar-refractivity contribution in [2.24, 2.45) is 0 Å². The molecule has 2 aromatic rings. The van der Waals surface area contributed by atoms with E-state index in [2.05, 4.69) is 6.08 Å². The van der Waals surface area contributed by atoms with Crippen LogP contribution in [0, 0.1) is 0 Å². The van der Waals surface area contributed by atoms with Gasteiger partial charge in [-0.15, -0.1) is 0 Å². The van der Waals surface area contributed by atoms with Crippen LogP contribution < -0.4 is 4.90 Å². The van der Waals surface area contributed by atoms with E-state index in [1.165, 1.54) is 34.1 Å².